The number of carbonyl (C=O) groups is 2. The Balaban J connectivity index is 1.50. The van der Waals surface area contributed by atoms with Crippen molar-refractivity contribution in [1.29, 1.82) is 0 Å². The molecule has 0 radical (unpaired) electrons. The Bertz CT molecular complexity index is 1240. The number of hydrogen-bond donors (Lipinski definition) is 2. The zero-order chi connectivity index (χ0) is 21.8. The van der Waals surface area contributed by atoms with Crippen LogP contribution in [0.5, 0.6) is 11.5 Å². The van der Waals surface area contributed by atoms with Crippen LogP contribution in [0, 0.1) is 6.92 Å². The van der Waals surface area contributed by atoms with Crippen molar-refractivity contribution in [2.45, 2.75) is 6.92 Å². The molecule has 0 spiro atoms. The molecular weight excluding hydrogens is 398 g/mol. The highest BCUT2D eigenvalue weighted by atomic mass is 16.5. The van der Waals surface area contributed by atoms with Crippen LogP contribution >= 0.6 is 0 Å². The molecule has 31 heavy (non-hydrogen) atoms. The van der Waals surface area contributed by atoms with Crippen molar-refractivity contribution in [3.05, 3.63) is 84.1 Å². The monoisotopic (exact) mass is 417 g/mol. The topological polar surface area (TPSA) is 106 Å². The third-order valence-electron chi connectivity index (χ3n) is 4.51. The van der Waals surface area contributed by atoms with Crippen LogP contribution in [0.4, 0.5) is 5.69 Å². The van der Waals surface area contributed by atoms with Gasteiger partial charge in [0, 0.05) is 35.8 Å². The van der Waals surface area contributed by atoms with Crippen LogP contribution in [-0.2, 0) is 4.74 Å². The van der Waals surface area contributed by atoms with E-state index in [1.54, 1.807) is 67.8 Å². The van der Waals surface area contributed by atoms with Gasteiger partial charge in [0.05, 0.1) is 30.3 Å². The molecule has 8 heteroatoms. The van der Waals surface area contributed by atoms with Gasteiger partial charge in [-0.3, -0.25) is 9.78 Å². The van der Waals surface area contributed by atoms with Gasteiger partial charge in [-0.1, -0.05) is 6.07 Å². The lowest BCUT2D eigenvalue weighted by Gasteiger charge is -2.09. The van der Waals surface area contributed by atoms with E-state index >= 15 is 0 Å². The number of pyridine rings is 1. The van der Waals surface area contributed by atoms with Gasteiger partial charge in [0.15, 0.2) is 5.76 Å². The highest BCUT2D eigenvalue weighted by Crippen LogP contribution is 2.27. The number of esters is 1. The Morgan fingerprint density at radius 3 is 2.71 bits per heavy atom. The summed E-state index contributed by atoms with van der Waals surface area (Å²) in [5.74, 6) is 0.581. The molecule has 0 unspecified atom stereocenters. The van der Waals surface area contributed by atoms with E-state index in [1.807, 2.05) is 0 Å². The van der Waals surface area contributed by atoms with Crippen LogP contribution in [-0.4, -0.2) is 29.0 Å². The maximum Gasteiger partial charge on any atom is 0.339 e. The van der Waals surface area contributed by atoms with E-state index in [4.69, 9.17) is 13.9 Å². The highest BCUT2D eigenvalue weighted by molar-refractivity contribution is 6.03. The molecule has 2 N–H and O–H groups in total. The van der Waals surface area contributed by atoms with E-state index < -0.39 is 5.97 Å². The van der Waals surface area contributed by atoms with Gasteiger partial charge in [0.1, 0.15) is 11.5 Å². The second-order valence-corrected chi connectivity index (χ2v) is 6.69. The average molecular weight is 417 g/mol. The molecule has 0 saturated carbocycles. The number of nitrogens with zero attached hydrogens (tertiary/aromatic N) is 1. The quantitative estimate of drug-likeness (QED) is 0.436. The molecule has 156 valence electrons. The number of anilines is 1. The van der Waals surface area contributed by atoms with Crippen LogP contribution in [0.1, 0.15) is 26.5 Å². The number of aromatic amines is 1. The third-order valence-corrected chi connectivity index (χ3v) is 4.51. The molecule has 0 aliphatic carbocycles. The molecule has 4 aromatic rings. The summed E-state index contributed by atoms with van der Waals surface area (Å²) in [4.78, 5) is 31.3. The molecule has 0 bridgehead atoms. The SMILES string of the molecule is COC(=O)c1c[nH]c(-c2cc(Oc3cccc(NC(=O)c4occc4C)c3)ccn2)c1. The molecule has 0 aliphatic rings. The average Bonchev–Trinajstić information content (AvgIpc) is 3.43. The van der Waals surface area contributed by atoms with Gasteiger partial charge in [-0.2, -0.15) is 0 Å². The number of carbonyl (C=O) groups excluding carboxylic acids is 2. The van der Waals surface area contributed by atoms with Gasteiger partial charge in [-0.25, -0.2) is 4.79 Å². The second kappa shape index (κ2) is 8.58. The molecular formula is C23H19N3O5. The summed E-state index contributed by atoms with van der Waals surface area (Å²) in [6.07, 6.45) is 4.64. The summed E-state index contributed by atoms with van der Waals surface area (Å²) >= 11 is 0. The number of hydrogen-bond acceptors (Lipinski definition) is 6. The maximum absolute atomic E-state index is 12.3. The van der Waals surface area contributed by atoms with E-state index in [0.29, 0.717) is 34.1 Å². The summed E-state index contributed by atoms with van der Waals surface area (Å²) in [6, 6.07) is 13.9. The molecule has 0 fully saturated rings. The smallest absolute Gasteiger partial charge is 0.339 e. The van der Waals surface area contributed by atoms with Gasteiger partial charge in [-0.05, 0) is 37.3 Å². The fourth-order valence-electron chi connectivity index (χ4n) is 2.97. The molecule has 1 aromatic carbocycles. The highest BCUT2D eigenvalue weighted by Gasteiger charge is 2.14. The minimum absolute atomic E-state index is 0.266. The van der Waals surface area contributed by atoms with Crippen molar-refractivity contribution in [2.24, 2.45) is 0 Å². The number of nitrogens with one attached hydrogen (secondary N) is 2. The van der Waals surface area contributed by atoms with Gasteiger partial charge in [0.2, 0.25) is 0 Å². The first kappa shape index (κ1) is 20.0. The molecule has 4 rings (SSSR count). The van der Waals surface area contributed by atoms with Crippen LogP contribution in [0.15, 0.2) is 71.6 Å². The van der Waals surface area contributed by atoms with Crippen molar-refractivity contribution >= 4 is 17.6 Å². The Kier molecular flexibility index (Phi) is 5.53. The standard InChI is InChI=1S/C23H19N3O5/c1-14-7-9-30-21(14)22(27)26-16-4-3-5-17(11-16)31-18-6-8-24-20(12-18)19-10-15(13-25-19)23(28)29-2/h3-13,25H,1-2H3,(H,26,27). The first-order valence-corrected chi connectivity index (χ1v) is 9.40. The molecule has 0 atom stereocenters. The van der Waals surface area contributed by atoms with E-state index in [2.05, 4.69) is 15.3 Å². The van der Waals surface area contributed by atoms with Crippen molar-refractivity contribution in [2.75, 3.05) is 12.4 Å². The lowest BCUT2D eigenvalue weighted by atomic mass is 10.2. The molecule has 8 nitrogen and oxygen atoms in total. The predicted octanol–water partition coefficient (Wildman–Crippen LogP) is 4.81. The number of furan rings is 1. The minimum atomic E-state index is -0.432. The van der Waals surface area contributed by atoms with Crippen molar-refractivity contribution in [3.63, 3.8) is 0 Å². The maximum atomic E-state index is 12.3. The normalized spacial score (nSPS) is 10.5. The summed E-state index contributed by atoms with van der Waals surface area (Å²) in [5, 5.41) is 2.79. The lowest BCUT2D eigenvalue weighted by Crippen LogP contribution is -2.12. The van der Waals surface area contributed by atoms with Crippen molar-refractivity contribution in [1.82, 2.24) is 9.97 Å². The number of H-pyrrole nitrogens is 1. The zero-order valence-electron chi connectivity index (χ0n) is 16.8. The fourth-order valence-corrected chi connectivity index (χ4v) is 2.97. The van der Waals surface area contributed by atoms with Crippen LogP contribution in [0.3, 0.4) is 0 Å². The van der Waals surface area contributed by atoms with E-state index in [1.165, 1.54) is 13.4 Å². The summed E-state index contributed by atoms with van der Waals surface area (Å²) in [6.45, 7) is 1.80. The minimum Gasteiger partial charge on any atom is -0.465 e. The molecule has 3 aromatic heterocycles. The Morgan fingerprint density at radius 2 is 1.94 bits per heavy atom. The zero-order valence-corrected chi connectivity index (χ0v) is 16.8. The van der Waals surface area contributed by atoms with E-state index in [0.717, 1.165) is 5.56 Å². The largest absolute Gasteiger partial charge is 0.465 e. The summed E-state index contributed by atoms with van der Waals surface area (Å²) < 4.78 is 15.9. The number of ether oxygens (including phenoxy) is 2. The number of aryl methyl sites for hydroxylation is 1. The first-order valence-electron chi connectivity index (χ1n) is 9.40. The Labute approximate surface area is 177 Å². The van der Waals surface area contributed by atoms with E-state index in [-0.39, 0.29) is 11.7 Å². The lowest BCUT2D eigenvalue weighted by molar-refractivity contribution is 0.0601. The van der Waals surface area contributed by atoms with Gasteiger partial charge < -0.3 is 24.2 Å². The third kappa shape index (κ3) is 4.48. The number of aromatic nitrogens is 2. The Morgan fingerprint density at radius 1 is 1.10 bits per heavy atom. The molecule has 0 saturated heterocycles. The molecule has 1 amide bonds. The van der Waals surface area contributed by atoms with Crippen LogP contribution in [0.2, 0.25) is 0 Å². The van der Waals surface area contributed by atoms with Crippen LogP contribution < -0.4 is 10.1 Å². The summed E-state index contributed by atoms with van der Waals surface area (Å²) in [5.41, 5.74) is 2.99. The number of methoxy groups -OCH3 is 1. The summed E-state index contributed by atoms with van der Waals surface area (Å²) in [7, 11) is 1.33. The van der Waals surface area contributed by atoms with Crippen LogP contribution in [0.25, 0.3) is 11.4 Å². The van der Waals surface area contributed by atoms with Gasteiger partial charge in [0.25, 0.3) is 5.91 Å². The van der Waals surface area contributed by atoms with E-state index in [9.17, 15) is 9.59 Å². The van der Waals surface area contributed by atoms with Gasteiger partial charge >= 0.3 is 5.97 Å². The fraction of sp³-hybridized carbons (Fsp3) is 0.0870. The number of rotatable bonds is 6. The van der Waals surface area contributed by atoms with Crippen molar-refractivity contribution < 1.29 is 23.5 Å². The number of benzene rings is 1. The van der Waals surface area contributed by atoms with Gasteiger partial charge in [-0.15, -0.1) is 0 Å². The molecule has 3 heterocycles. The predicted molar refractivity (Wildman–Crippen MR) is 113 cm³/mol. The van der Waals surface area contributed by atoms with Crippen molar-refractivity contribution in [3.8, 4) is 22.9 Å². The second-order valence-electron chi connectivity index (χ2n) is 6.69. The first-order chi connectivity index (χ1) is 15.0. The Hall–Kier alpha value is -4.33. The number of amides is 1. The molecule has 0 aliphatic heterocycles.